The van der Waals surface area contributed by atoms with E-state index in [9.17, 15) is 14.7 Å². The van der Waals surface area contributed by atoms with Gasteiger partial charge in [0.2, 0.25) is 5.91 Å². The molecule has 4 N–H and O–H groups in total. The highest BCUT2D eigenvalue weighted by molar-refractivity contribution is 8.00. The monoisotopic (exact) mass is 379 g/mol. The molecular weight excluding hydrogens is 354 g/mol. The highest BCUT2D eigenvalue weighted by Crippen LogP contribution is 2.33. The zero-order chi connectivity index (χ0) is 18.5. The predicted molar refractivity (Wildman–Crippen MR) is 100 cm³/mol. The lowest BCUT2D eigenvalue weighted by molar-refractivity contribution is -0.121. The first kappa shape index (κ1) is 18.7. The molecule has 3 amide bonds. The zero-order valence-corrected chi connectivity index (χ0v) is 15.6. The third kappa shape index (κ3) is 4.55. The van der Waals surface area contributed by atoms with Crippen LogP contribution in [0.15, 0.2) is 18.2 Å². The summed E-state index contributed by atoms with van der Waals surface area (Å²) >= 11 is 1.90. The maximum atomic E-state index is 12.0. The maximum absolute atomic E-state index is 12.0. The Morgan fingerprint density at radius 1 is 1.38 bits per heavy atom. The van der Waals surface area contributed by atoms with Gasteiger partial charge in [-0.25, -0.2) is 4.79 Å². The number of amides is 3. The van der Waals surface area contributed by atoms with Crippen molar-refractivity contribution in [3.63, 3.8) is 0 Å². The van der Waals surface area contributed by atoms with Crippen molar-refractivity contribution in [2.24, 2.45) is 0 Å². The number of phenolic OH excluding ortho intramolecular Hbond substituents is 1. The van der Waals surface area contributed by atoms with Crippen LogP contribution in [0.2, 0.25) is 0 Å². The Hall–Kier alpha value is -2.09. The number of thioether (sulfide) groups is 1. The van der Waals surface area contributed by atoms with Crippen molar-refractivity contribution in [3.8, 4) is 11.5 Å². The fourth-order valence-electron chi connectivity index (χ4n) is 3.41. The van der Waals surface area contributed by atoms with Crippen molar-refractivity contribution >= 4 is 23.7 Å². The SMILES string of the molecule is COc1ccc(CNC(=O)CCCC[C@@H]2SC[C@@H]3NC(=O)N[C@@H]32)cc1O. The first-order valence-corrected chi connectivity index (χ1v) is 9.93. The van der Waals surface area contributed by atoms with Crippen LogP contribution in [0.3, 0.4) is 0 Å². The number of urea groups is 1. The second kappa shape index (κ2) is 8.53. The smallest absolute Gasteiger partial charge is 0.315 e. The third-order valence-corrected chi connectivity index (χ3v) is 6.32. The van der Waals surface area contributed by atoms with E-state index in [4.69, 9.17) is 4.74 Å². The van der Waals surface area contributed by atoms with E-state index in [2.05, 4.69) is 16.0 Å². The number of fused-ring (bicyclic) bond motifs is 1. The van der Waals surface area contributed by atoms with E-state index >= 15 is 0 Å². The van der Waals surface area contributed by atoms with Gasteiger partial charge in [0.1, 0.15) is 0 Å². The number of benzene rings is 1. The highest BCUT2D eigenvalue weighted by atomic mass is 32.2. The van der Waals surface area contributed by atoms with Gasteiger partial charge in [0.05, 0.1) is 19.2 Å². The Morgan fingerprint density at radius 3 is 3.00 bits per heavy atom. The molecular formula is C18H25N3O4S. The summed E-state index contributed by atoms with van der Waals surface area (Å²) in [5.41, 5.74) is 0.828. The summed E-state index contributed by atoms with van der Waals surface area (Å²) in [5.74, 6) is 1.46. The topological polar surface area (TPSA) is 99.7 Å². The zero-order valence-electron chi connectivity index (χ0n) is 14.8. The van der Waals surface area contributed by atoms with Crippen LogP contribution in [0.25, 0.3) is 0 Å². The van der Waals surface area contributed by atoms with Crippen LogP contribution in [-0.2, 0) is 11.3 Å². The molecule has 7 nitrogen and oxygen atoms in total. The molecule has 0 unspecified atom stereocenters. The van der Waals surface area contributed by atoms with E-state index in [1.165, 1.54) is 7.11 Å². The maximum Gasteiger partial charge on any atom is 0.315 e. The number of phenols is 1. The number of carbonyl (C=O) groups is 2. The Labute approximate surface area is 157 Å². The normalized spacial score (nSPS) is 23.9. The van der Waals surface area contributed by atoms with Crippen molar-refractivity contribution < 1.29 is 19.4 Å². The molecule has 2 aliphatic rings. The fourth-order valence-corrected chi connectivity index (χ4v) is 4.95. The van der Waals surface area contributed by atoms with Gasteiger partial charge < -0.3 is 25.8 Å². The van der Waals surface area contributed by atoms with Crippen molar-refractivity contribution in [3.05, 3.63) is 23.8 Å². The van der Waals surface area contributed by atoms with Gasteiger partial charge in [0.25, 0.3) is 0 Å². The molecule has 0 aromatic heterocycles. The summed E-state index contributed by atoms with van der Waals surface area (Å²) in [4.78, 5) is 23.3. The first-order valence-electron chi connectivity index (χ1n) is 8.88. The summed E-state index contributed by atoms with van der Waals surface area (Å²) in [6, 6.07) is 5.51. The van der Waals surface area contributed by atoms with Crippen molar-refractivity contribution in [1.82, 2.24) is 16.0 Å². The van der Waals surface area contributed by atoms with Gasteiger partial charge >= 0.3 is 6.03 Å². The van der Waals surface area contributed by atoms with E-state index < -0.39 is 0 Å². The lowest BCUT2D eigenvalue weighted by Crippen LogP contribution is -2.36. The summed E-state index contributed by atoms with van der Waals surface area (Å²) in [5, 5.41) is 19.0. The van der Waals surface area contributed by atoms with Crippen LogP contribution in [0.1, 0.15) is 31.2 Å². The number of hydrogen-bond acceptors (Lipinski definition) is 5. The first-order chi connectivity index (χ1) is 12.6. The quantitative estimate of drug-likeness (QED) is 0.407. The molecule has 0 bridgehead atoms. The molecule has 3 rings (SSSR count). The van der Waals surface area contributed by atoms with Crippen LogP contribution >= 0.6 is 11.8 Å². The van der Waals surface area contributed by atoms with Gasteiger partial charge in [-0.15, -0.1) is 0 Å². The minimum Gasteiger partial charge on any atom is -0.504 e. The molecule has 3 atom stereocenters. The number of hydrogen-bond donors (Lipinski definition) is 4. The number of methoxy groups -OCH3 is 1. The minimum absolute atomic E-state index is 0.00750. The lowest BCUT2D eigenvalue weighted by atomic mass is 10.0. The van der Waals surface area contributed by atoms with E-state index in [1.807, 2.05) is 17.8 Å². The Morgan fingerprint density at radius 2 is 2.23 bits per heavy atom. The van der Waals surface area contributed by atoms with Crippen LogP contribution in [0, 0.1) is 0 Å². The lowest BCUT2D eigenvalue weighted by Gasteiger charge is -2.16. The molecule has 1 aromatic rings. The number of ether oxygens (including phenoxy) is 1. The molecule has 2 fully saturated rings. The van der Waals surface area contributed by atoms with E-state index in [1.54, 1.807) is 12.1 Å². The number of aromatic hydroxyl groups is 1. The molecule has 142 valence electrons. The Balaban J connectivity index is 1.32. The van der Waals surface area contributed by atoms with Crippen molar-refractivity contribution in [2.45, 2.75) is 49.6 Å². The molecule has 1 aromatic carbocycles. The molecule has 2 aliphatic heterocycles. The predicted octanol–water partition coefficient (Wildman–Crippen LogP) is 1.74. The highest BCUT2D eigenvalue weighted by Gasteiger charge is 2.42. The Kier molecular flexibility index (Phi) is 6.13. The number of unbranched alkanes of at least 4 members (excludes halogenated alkanes) is 1. The van der Waals surface area contributed by atoms with Crippen molar-refractivity contribution in [1.29, 1.82) is 0 Å². The van der Waals surface area contributed by atoms with Gasteiger partial charge in [-0.1, -0.05) is 12.5 Å². The average Bonchev–Trinajstić information content (AvgIpc) is 3.16. The molecule has 0 aliphatic carbocycles. The van der Waals surface area contributed by atoms with E-state index in [0.717, 1.165) is 30.6 Å². The number of rotatable bonds is 8. The second-order valence-electron chi connectivity index (χ2n) is 6.65. The minimum atomic E-state index is -0.0609. The number of carbonyl (C=O) groups excluding carboxylic acids is 2. The van der Waals surface area contributed by atoms with Gasteiger partial charge in [0, 0.05) is 24.0 Å². The second-order valence-corrected chi connectivity index (χ2v) is 7.92. The molecule has 2 saturated heterocycles. The Bertz CT molecular complexity index is 670. The number of nitrogens with one attached hydrogen (secondary N) is 3. The van der Waals surface area contributed by atoms with E-state index in [0.29, 0.717) is 24.0 Å². The summed E-state index contributed by atoms with van der Waals surface area (Å²) in [7, 11) is 1.50. The molecule has 26 heavy (non-hydrogen) atoms. The van der Waals surface area contributed by atoms with Gasteiger partial charge in [0.15, 0.2) is 11.5 Å². The summed E-state index contributed by atoms with van der Waals surface area (Å²) < 4.78 is 5.00. The molecule has 0 spiro atoms. The molecule has 8 heteroatoms. The molecule has 2 heterocycles. The average molecular weight is 379 g/mol. The summed E-state index contributed by atoms with van der Waals surface area (Å²) in [6.45, 7) is 0.385. The largest absolute Gasteiger partial charge is 0.504 e. The van der Waals surface area contributed by atoms with Crippen LogP contribution in [-0.4, -0.2) is 47.2 Å². The van der Waals surface area contributed by atoms with E-state index in [-0.39, 0.29) is 29.8 Å². The van der Waals surface area contributed by atoms with Crippen molar-refractivity contribution in [2.75, 3.05) is 12.9 Å². The van der Waals surface area contributed by atoms with Gasteiger partial charge in [-0.2, -0.15) is 11.8 Å². The standard InChI is InChI=1S/C18H25N3O4S/c1-25-14-7-6-11(8-13(14)22)9-19-16(23)5-3-2-4-15-17-12(10-26-15)20-18(24)21-17/h6-8,12,15,17,22H,2-5,9-10H2,1H3,(H,19,23)(H2,20,21,24)/t12-,15-,17-/m0/s1. The third-order valence-electron chi connectivity index (χ3n) is 4.81. The van der Waals surface area contributed by atoms with Crippen LogP contribution in [0.4, 0.5) is 4.79 Å². The van der Waals surface area contributed by atoms with Gasteiger partial charge in [-0.3, -0.25) is 4.79 Å². The molecule has 0 saturated carbocycles. The van der Waals surface area contributed by atoms with Crippen LogP contribution < -0.4 is 20.7 Å². The fraction of sp³-hybridized carbons (Fsp3) is 0.556. The van der Waals surface area contributed by atoms with Crippen LogP contribution in [0.5, 0.6) is 11.5 Å². The molecule has 0 radical (unpaired) electrons. The van der Waals surface area contributed by atoms with Gasteiger partial charge in [-0.05, 0) is 30.5 Å². The summed E-state index contributed by atoms with van der Waals surface area (Å²) in [6.07, 6.45) is 3.29.